The van der Waals surface area contributed by atoms with Crippen molar-refractivity contribution in [2.24, 2.45) is 0 Å². The van der Waals surface area contributed by atoms with Crippen molar-refractivity contribution in [1.82, 2.24) is 10.2 Å². The summed E-state index contributed by atoms with van der Waals surface area (Å²) in [4.78, 5) is 14.6. The van der Waals surface area contributed by atoms with Crippen LogP contribution in [0.4, 0.5) is 0 Å². The minimum Gasteiger partial charge on any atom is -0.484 e. The zero-order valence-electron chi connectivity index (χ0n) is 15.2. The zero-order valence-corrected chi connectivity index (χ0v) is 15.2. The van der Waals surface area contributed by atoms with Crippen LogP contribution in [-0.4, -0.2) is 50.3 Å². The Morgan fingerprint density at radius 3 is 2.65 bits per heavy atom. The molecule has 5 heteroatoms. The normalized spacial score (nSPS) is 16.0. The Morgan fingerprint density at radius 1 is 1.15 bits per heavy atom. The molecule has 0 aliphatic carbocycles. The topological polar surface area (TPSA) is 50.8 Å². The van der Waals surface area contributed by atoms with Crippen molar-refractivity contribution in [3.8, 4) is 5.75 Å². The lowest BCUT2D eigenvalue weighted by Gasteiger charge is -2.34. The fourth-order valence-electron chi connectivity index (χ4n) is 3.14. The molecule has 1 N–H and O–H groups in total. The van der Waals surface area contributed by atoms with Gasteiger partial charge in [0.15, 0.2) is 6.61 Å². The maximum Gasteiger partial charge on any atom is 0.258 e. The van der Waals surface area contributed by atoms with E-state index in [-0.39, 0.29) is 18.6 Å². The smallest absolute Gasteiger partial charge is 0.258 e. The van der Waals surface area contributed by atoms with E-state index in [0.29, 0.717) is 12.3 Å². The van der Waals surface area contributed by atoms with Gasteiger partial charge in [-0.3, -0.25) is 9.69 Å². The second kappa shape index (κ2) is 9.36. The van der Waals surface area contributed by atoms with E-state index >= 15 is 0 Å². The Hall–Kier alpha value is -2.37. The molecule has 1 fully saturated rings. The molecule has 1 unspecified atom stereocenters. The molecule has 1 aliphatic rings. The minimum atomic E-state index is -0.110. The van der Waals surface area contributed by atoms with Crippen LogP contribution in [-0.2, 0) is 9.53 Å². The van der Waals surface area contributed by atoms with Gasteiger partial charge in [0.25, 0.3) is 5.91 Å². The molecule has 138 valence electrons. The molecule has 0 radical (unpaired) electrons. The summed E-state index contributed by atoms with van der Waals surface area (Å²) in [6.07, 6.45) is 0. The molecule has 3 rings (SSSR count). The first-order valence-electron chi connectivity index (χ1n) is 9.05. The molecule has 1 amide bonds. The first-order chi connectivity index (χ1) is 12.7. The summed E-state index contributed by atoms with van der Waals surface area (Å²) in [6, 6.07) is 18.1. The van der Waals surface area contributed by atoms with E-state index in [4.69, 9.17) is 9.47 Å². The number of benzene rings is 2. The minimum absolute atomic E-state index is 0.0219. The van der Waals surface area contributed by atoms with Gasteiger partial charge in [0.1, 0.15) is 5.75 Å². The van der Waals surface area contributed by atoms with E-state index in [2.05, 4.69) is 22.3 Å². The van der Waals surface area contributed by atoms with Crippen molar-refractivity contribution < 1.29 is 14.3 Å². The van der Waals surface area contributed by atoms with Gasteiger partial charge in [-0.05, 0) is 30.2 Å². The molecule has 0 saturated carbocycles. The second-order valence-corrected chi connectivity index (χ2v) is 6.48. The van der Waals surface area contributed by atoms with Gasteiger partial charge in [0, 0.05) is 19.6 Å². The van der Waals surface area contributed by atoms with Crippen molar-refractivity contribution in [1.29, 1.82) is 0 Å². The van der Waals surface area contributed by atoms with Gasteiger partial charge in [-0.1, -0.05) is 42.5 Å². The zero-order chi connectivity index (χ0) is 18.2. The van der Waals surface area contributed by atoms with E-state index in [1.807, 2.05) is 49.4 Å². The van der Waals surface area contributed by atoms with Gasteiger partial charge < -0.3 is 14.8 Å². The van der Waals surface area contributed by atoms with Gasteiger partial charge in [0.2, 0.25) is 0 Å². The quantitative estimate of drug-likeness (QED) is 0.830. The Labute approximate surface area is 154 Å². The van der Waals surface area contributed by atoms with E-state index in [9.17, 15) is 4.79 Å². The van der Waals surface area contributed by atoms with Gasteiger partial charge in [0.05, 0.1) is 19.3 Å². The molecule has 1 heterocycles. The van der Waals surface area contributed by atoms with Crippen molar-refractivity contribution in [3.05, 3.63) is 65.7 Å². The van der Waals surface area contributed by atoms with Crippen LogP contribution in [0.15, 0.2) is 54.6 Å². The number of hydrogen-bond acceptors (Lipinski definition) is 4. The molecule has 1 atom stereocenters. The average molecular weight is 354 g/mol. The first-order valence-corrected chi connectivity index (χ1v) is 9.05. The van der Waals surface area contributed by atoms with Crippen LogP contribution in [0.3, 0.4) is 0 Å². The maximum absolute atomic E-state index is 12.2. The van der Waals surface area contributed by atoms with Crippen molar-refractivity contribution >= 4 is 5.91 Å². The second-order valence-electron chi connectivity index (χ2n) is 6.48. The number of nitrogens with zero attached hydrogens (tertiary/aromatic N) is 1. The van der Waals surface area contributed by atoms with Crippen LogP contribution in [0.5, 0.6) is 5.75 Å². The Bertz CT molecular complexity index is 699. The summed E-state index contributed by atoms with van der Waals surface area (Å²) in [5.41, 5.74) is 2.31. The van der Waals surface area contributed by atoms with E-state index in [1.165, 1.54) is 5.56 Å². The third-order valence-electron chi connectivity index (χ3n) is 4.52. The summed E-state index contributed by atoms with van der Waals surface area (Å²) in [7, 11) is 0. The largest absolute Gasteiger partial charge is 0.484 e. The van der Waals surface area contributed by atoms with Crippen molar-refractivity contribution in [3.63, 3.8) is 0 Å². The highest BCUT2D eigenvalue weighted by molar-refractivity contribution is 5.77. The van der Waals surface area contributed by atoms with Crippen LogP contribution in [0.25, 0.3) is 0 Å². The molecule has 2 aromatic carbocycles. The molecular weight excluding hydrogens is 328 g/mol. The molecular formula is C21H26N2O3. The van der Waals surface area contributed by atoms with Gasteiger partial charge in [-0.2, -0.15) is 0 Å². The Balaban J connectivity index is 1.55. The van der Waals surface area contributed by atoms with Gasteiger partial charge >= 0.3 is 0 Å². The molecule has 26 heavy (non-hydrogen) atoms. The summed E-state index contributed by atoms with van der Waals surface area (Å²) < 4.78 is 11.0. The van der Waals surface area contributed by atoms with E-state index < -0.39 is 0 Å². The number of ether oxygens (including phenoxy) is 2. The SMILES string of the molecule is Cc1cccc(OCC(=O)NCC(c2ccccc2)N2CCOCC2)c1. The highest BCUT2D eigenvalue weighted by Gasteiger charge is 2.23. The van der Waals surface area contributed by atoms with Crippen LogP contribution in [0.1, 0.15) is 17.2 Å². The van der Waals surface area contributed by atoms with E-state index in [0.717, 1.165) is 31.9 Å². The Morgan fingerprint density at radius 2 is 1.92 bits per heavy atom. The average Bonchev–Trinajstić information content (AvgIpc) is 2.68. The summed E-state index contributed by atoms with van der Waals surface area (Å²) in [5, 5.41) is 3.02. The number of carbonyl (C=O) groups is 1. The molecule has 2 aromatic rings. The molecule has 1 saturated heterocycles. The lowest BCUT2D eigenvalue weighted by atomic mass is 10.0. The fraction of sp³-hybridized carbons (Fsp3) is 0.381. The predicted molar refractivity (Wildman–Crippen MR) is 101 cm³/mol. The number of aryl methyl sites for hydroxylation is 1. The first kappa shape index (κ1) is 18.4. The number of nitrogens with one attached hydrogen (secondary N) is 1. The third kappa shape index (κ3) is 5.31. The predicted octanol–water partition coefficient (Wildman–Crippen LogP) is 2.56. The van der Waals surface area contributed by atoms with Gasteiger partial charge in [-0.25, -0.2) is 0 Å². The number of hydrogen-bond donors (Lipinski definition) is 1. The van der Waals surface area contributed by atoms with Crippen LogP contribution >= 0.6 is 0 Å². The van der Waals surface area contributed by atoms with Crippen LogP contribution < -0.4 is 10.1 Å². The fourth-order valence-corrected chi connectivity index (χ4v) is 3.14. The number of carbonyl (C=O) groups excluding carboxylic acids is 1. The van der Waals surface area contributed by atoms with Gasteiger partial charge in [-0.15, -0.1) is 0 Å². The molecule has 1 aliphatic heterocycles. The van der Waals surface area contributed by atoms with Crippen molar-refractivity contribution in [2.75, 3.05) is 39.5 Å². The molecule has 0 spiro atoms. The molecule has 5 nitrogen and oxygen atoms in total. The standard InChI is InChI=1S/C21H26N2O3/c1-17-6-5-9-19(14-17)26-16-21(24)22-15-20(18-7-3-2-4-8-18)23-10-12-25-13-11-23/h2-9,14,20H,10-13,15-16H2,1H3,(H,22,24). The summed E-state index contributed by atoms with van der Waals surface area (Å²) >= 11 is 0. The highest BCUT2D eigenvalue weighted by atomic mass is 16.5. The van der Waals surface area contributed by atoms with E-state index in [1.54, 1.807) is 0 Å². The van der Waals surface area contributed by atoms with Crippen LogP contribution in [0.2, 0.25) is 0 Å². The lowest BCUT2D eigenvalue weighted by molar-refractivity contribution is -0.123. The van der Waals surface area contributed by atoms with Crippen molar-refractivity contribution in [2.45, 2.75) is 13.0 Å². The number of morpholine rings is 1. The molecule has 0 aromatic heterocycles. The monoisotopic (exact) mass is 354 g/mol. The Kier molecular flexibility index (Phi) is 6.63. The maximum atomic E-state index is 12.2. The number of amides is 1. The summed E-state index contributed by atoms with van der Waals surface area (Å²) in [5.74, 6) is 0.605. The third-order valence-corrected chi connectivity index (χ3v) is 4.52. The van der Waals surface area contributed by atoms with Crippen LogP contribution in [0, 0.1) is 6.92 Å². The highest BCUT2D eigenvalue weighted by Crippen LogP contribution is 2.21. The lowest BCUT2D eigenvalue weighted by Crippen LogP contribution is -2.44. The molecule has 0 bridgehead atoms. The summed E-state index contributed by atoms with van der Waals surface area (Å²) in [6.45, 7) is 5.78. The number of rotatable bonds is 7.